The Labute approximate surface area is 160 Å². The van der Waals surface area contributed by atoms with Gasteiger partial charge in [-0.3, -0.25) is 9.59 Å². The summed E-state index contributed by atoms with van der Waals surface area (Å²) in [6.45, 7) is 4.40. The van der Waals surface area contributed by atoms with Crippen molar-refractivity contribution in [3.05, 3.63) is 24.3 Å². The van der Waals surface area contributed by atoms with E-state index in [1.54, 1.807) is 31.4 Å². The Morgan fingerprint density at radius 3 is 2.37 bits per heavy atom. The van der Waals surface area contributed by atoms with Gasteiger partial charge in [0.05, 0.1) is 7.11 Å². The Hall–Kier alpha value is -2.12. The maximum absolute atomic E-state index is 12.1. The summed E-state index contributed by atoms with van der Waals surface area (Å²) in [5, 5.41) is 5.38. The summed E-state index contributed by atoms with van der Waals surface area (Å²) >= 11 is 0. The average Bonchev–Trinajstić information content (AvgIpc) is 2.73. The molecule has 0 radical (unpaired) electrons. The lowest BCUT2D eigenvalue weighted by molar-refractivity contribution is -0.136. The van der Waals surface area contributed by atoms with Crippen molar-refractivity contribution in [3.63, 3.8) is 0 Å². The Kier molecular flexibility index (Phi) is 7.06. The molecule has 7 heteroatoms. The predicted molar refractivity (Wildman–Crippen MR) is 103 cm³/mol. The van der Waals surface area contributed by atoms with Crippen LogP contribution in [0, 0.1) is 5.92 Å². The van der Waals surface area contributed by atoms with Gasteiger partial charge < -0.3 is 25.0 Å². The molecule has 0 spiro atoms. The summed E-state index contributed by atoms with van der Waals surface area (Å²) in [5.41, 5.74) is 0.570. The van der Waals surface area contributed by atoms with Gasteiger partial charge in [0.2, 0.25) is 0 Å². The van der Waals surface area contributed by atoms with Gasteiger partial charge in [-0.15, -0.1) is 0 Å². The second-order valence-electron chi connectivity index (χ2n) is 7.22. The van der Waals surface area contributed by atoms with Crippen LogP contribution in [-0.4, -0.2) is 62.7 Å². The topological polar surface area (TPSA) is 79.9 Å². The molecule has 2 aliphatic heterocycles. The summed E-state index contributed by atoms with van der Waals surface area (Å²) in [6.07, 6.45) is 4.34. The molecule has 0 atom stereocenters. The molecule has 7 nitrogen and oxygen atoms in total. The van der Waals surface area contributed by atoms with Crippen molar-refractivity contribution in [2.45, 2.75) is 31.7 Å². The maximum atomic E-state index is 12.1. The summed E-state index contributed by atoms with van der Waals surface area (Å²) in [4.78, 5) is 26.6. The molecule has 0 unspecified atom stereocenters. The zero-order valence-electron chi connectivity index (χ0n) is 15.9. The van der Waals surface area contributed by atoms with Crippen LogP contribution in [0.3, 0.4) is 0 Å². The number of hydrogen-bond donors (Lipinski definition) is 2. The van der Waals surface area contributed by atoms with Crippen molar-refractivity contribution in [2.75, 3.05) is 45.3 Å². The van der Waals surface area contributed by atoms with Crippen molar-refractivity contribution in [1.82, 2.24) is 10.2 Å². The highest BCUT2D eigenvalue weighted by Crippen LogP contribution is 2.22. The van der Waals surface area contributed by atoms with Gasteiger partial charge in [0.1, 0.15) is 5.75 Å². The van der Waals surface area contributed by atoms with Gasteiger partial charge >= 0.3 is 11.8 Å². The van der Waals surface area contributed by atoms with Gasteiger partial charge in [-0.1, -0.05) is 0 Å². The third-order valence-electron chi connectivity index (χ3n) is 5.46. The summed E-state index contributed by atoms with van der Waals surface area (Å²) < 4.78 is 10.5. The first-order valence-electron chi connectivity index (χ1n) is 9.70. The van der Waals surface area contributed by atoms with Gasteiger partial charge in [0, 0.05) is 31.5 Å². The number of benzene rings is 1. The van der Waals surface area contributed by atoms with E-state index in [9.17, 15) is 9.59 Å². The van der Waals surface area contributed by atoms with Crippen LogP contribution in [0.5, 0.6) is 5.75 Å². The number of carbonyl (C=O) groups excluding carboxylic acids is 2. The first kappa shape index (κ1) is 19.6. The SMILES string of the molecule is COc1ccc(NC(=O)C(=O)NCC2CCN(C3CCOCC3)CC2)cc1. The lowest BCUT2D eigenvalue weighted by Gasteiger charge is -2.39. The van der Waals surface area contributed by atoms with Crippen LogP contribution in [-0.2, 0) is 14.3 Å². The Bertz CT molecular complexity index is 621. The van der Waals surface area contributed by atoms with E-state index in [2.05, 4.69) is 15.5 Å². The van der Waals surface area contributed by atoms with E-state index in [0.717, 1.165) is 52.0 Å². The molecule has 0 bridgehead atoms. The van der Waals surface area contributed by atoms with Crippen molar-refractivity contribution >= 4 is 17.5 Å². The van der Waals surface area contributed by atoms with E-state index in [0.29, 0.717) is 29.9 Å². The quantitative estimate of drug-likeness (QED) is 0.765. The molecule has 3 rings (SSSR count). The number of carbonyl (C=O) groups is 2. The van der Waals surface area contributed by atoms with Gasteiger partial charge in [0.25, 0.3) is 0 Å². The molecule has 1 aromatic carbocycles. The second kappa shape index (κ2) is 9.71. The highest BCUT2D eigenvalue weighted by Gasteiger charge is 2.27. The number of anilines is 1. The number of methoxy groups -OCH3 is 1. The van der Waals surface area contributed by atoms with Crippen LogP contribution in [0.15, 0.2) is 24.3 Å². The number of nitrogens with one attached hydrogen (secondary N) is 2. The summed E-state index contributed by atoms with van der Waals surface area (Å²) in [6, 6.07) is 7.52. The lowest BCUT2D eigenvalue weighted by atomic mass is 9.94. The molecule has 2 amide bonds. The fourth-order valence-electron chi connectivity index (χ4n) is 3.75. The average molecular weight is 375 g/mol. The van der Waals surface area contributed by atoms with Crippen LogP contribution in [0.2, 0.25) is 0 Å². The molecule has 148 valence electrons. The zero-order valence-corrected chi connectivity index (χ0v) is 15.9. The Morgan fingerprint density at radius 2 is 1.74 bits per heavy atom. The van der Waals surface area contributed by atoms with Crippen molar-refractivity contribution in [3.8, 4) is 5.75 Å². The molecule has 0 saturated carbocycles. The van der Waals surface area contributed by atoms with Gasteiger partial charge in [-0.2, -0.15) is 0 Å². The largest absolute Gasteiger partial charge is 0.497 e. The predicted octanol–water partition coefficient (Wildman–Crippen LogP) is 1.64. The van der Waals surface area contributed by atoms with E-state index < -0.39 is 11.8 Å². The molecule has 2 fully saturated rings. The molecule has 27 heavy (non-hydrogen) atoms. The molecule has 0 aliphatic carbocycles. The molecule has 0 aromatic heterocycles. The lowest BCUT2D eigenvalue weighted by Crippen LogP contribution is -2.46. The molecule has 2 aliphatic rings. The summed E-state index contributed by atoms with van der Waals surface area (Å²) in [5.74, 6) is -0.0964. The number of rotatable bonds is 5. The first-order chi connectivity index (χ1) is 13.2. The second-order valence-corrected chi connectivity index (χ2v) is 7.22. The minimum absolute atomic E-state index is 0.429. The normalized spacial score (nSPS) is 19.4. The molecule has 2 N–H and O–H groups in total. The van der Waals surface area contributed by atoms with Crippen LogP contribution in [0.25, 0.3) is 0 Å². The third-order valence-corrected chi connectivity index (χ3v) is 5.46. The van der Waals surface area contributed by atoms with E-state index >= 15 is 0 Å². The van der Waals surface area contributed by atoms with Crippen LogP contribution in [0.1, 0.15) is 25.7 Å². The van der Waals surface area contributed by atoms with Crippen molar-refractivity contribution in [1.29, 1.82) is 0 Å². The highest BCUT2D eigenvalue weighted by molar-refractivity contribution is 6.39. The molecular weight excluding hydrogens is 346 g/mol. The Balaban J connectivity index is 1.36. The highest BCUT2D eigenvalue weighted by atomic mass is 16.5. The fourth-order valence-corrected chi connectivity index (χ4v) is 3.75. The summed E-state index contributed by atoms with van der Waals surface area (Å²) in [7, 11) is 1.58. The first-order valence-corrected chi connectivity index (χ1v) is 9.70. The van der Waals surface area contributed by atoms with Gasteiger partial charge in [-0.25, -0.2) is 0 Å². The number of ether oxygens (including phenoxy) is 2. The fraction of sp³-hybridized carbons (Fsp3) is 0.600. The number of nitrogens with zero attached hydrogens (tertiary/aromatic N) is 1. The smallest absolute Gasteiger partial charge is 0.313 e. The van der Waals surface area contributed by atoms with E-state index in [4.69, 9.17) is 9.47 Å². The minimum atomic E-state index is -0.639. The van der Waals surface area contributed by atoms with Crippen molar-refractivity contribution < 1.29 is 19.1 Å². The number of likely N-dealkylation sites (tertiary alicyclic amines) is 1. The number of amides is 2. The zero-order chi connectivity index (χ0) is 19.1. The number of piperidine rings is 1. The van der Waals surface area contributed by atoms with E-state index in [1.165, 1.54) is 0 Å². The molecule has 1 aromatic rings. The standard InChI is InChI=1S/C20H29N3O4/c1-26-18-4-2-16(3-5-18)22-20(25)19(24)21-14-15-6-10-23(11-7-15)17-8-12-27-13-9-17/h2-5,15,17H,6-14H2,1H3,(H,21,24)(H,22,25). The molecule has 2 saturated heterocycles. The number of hydrogen-bond acceptors (Lipinski definition) is 5. The minimum Gasteiger partial charge on any atom is -0.497 e. The van der Waals surface area contributed by atoms with E-state index in [1.807, 2.05) is 0 Å². The third kappa shape index (κ3) is 5.68. The van der Waals surface area contributed by atoms with Gasteiger partial charge in [0.15, 0.2) is 0 Å². The monoisotopic (exact) mass is 375 g/mol. The molecule has 2 heterocycles. The Morgan fingerprint density at radius 1 is 1.07 bits per heavy atom. The van der Waals surface area contributed by atoms with E-state index in [-0.39, 0.29) is 0 Å². The van der Waals surface area contributed by atoms with Gasteiger partial charge in [-0.05, 0) is 69.0 Å². The van der Waals surface area contributed by atoms with Crippen molar-refractivity contribution in [2.24, 2.45) is 5.92 Å². The maximum Gasteiger partial charge on any atom is 0.313 e. The van der Waals surface area contributed by atoms with Crippen LogP contribution >= 0.6 is 0 Å². The van der Waals surface area contributed by atoms with Crippen LogP contribution < -0.4 is 15.4 Å². The van der Waals surface area contributed by atoms with Crippen LogP contribution in [0.4, 0.5) is 5.69 Å². The molecular formula is C20H29N3O4.